The van der Waals surface area contributed by atoms with Crippen LogP contribution in [-0.4, -0.2) is 48.5 Å². The lowest BCUT2D eigenvalue weighted by Crippen LogP contribution is -2.25. The quantitative estimate of drug-likeness (QED) is 0.306. The van der Waals surface area contributed by atoms with Crippen molar-refractivity contribution >= 4 is 16.0 Å². The molecule has 2 aromatic heterocycles. The molecule has 0 spiro atoms. The Labute approximate surface area is 242 Å². The summed E-state index contributed by atoms with van der Waals surface area (Å²) in [5, 5.41) is 4.57. The molecule has 1 N–H and O–H groups in total. The van der Waals surface area contributed by atoms with Gasteiger partial charge >= 0.3 is 0 Å². The third-order valence-corrected chi connectivity index (χ3v) is 8.75. The van der Waals surface area contributed by atoms with E-state index in [1.54, 1.807) is 31.4 Å². The predicted octanol–water partition coefficient (Wildman–Crippen LogP) is 5.59. The Kier molecular flexibility index (Phi) is 8.42. The van der Waals surface area contributed by atoms with Crippen molar-refractivity contribution in [2.24, 2.45) is 11.8 Å². The number of methoxy groups -OCH3 is 1. The maximum absolute atomic E-state index is 13.6. The van der Waals surface area contributed by atoms with E-state index in [4.69, 9.17) is 9.47 Å². The topological polar surface area (TPSA) is 108 Å². The molecule has 4 bridgehead atoms. The Balaban J connectivity index is 1.65. The number of hydrogen-bond donors (Lipinski definition) is 1. The summed E-state index contributed by atoms with van der Waals surface area (Å²) in [5.41, 5.74) is 5.46. The average Bonchev–Trinajstić information content (AvgIpc) is 3.38. The first-order chi connectivity index (χ1) is 19.6. The summed E-state index contributed by atoms with van der Waals surface area (Å²) in [5.74, 6) is 0.540. The molecule has 1 aliphatic rings. The number of benzene rings is 2. The van der Waals surface area contributed by atoms with Gasteiger partial charge in [-0.3, -0.25) is 4.68 Å². The van der Waals surface area contributed by atoms with Crippen molar-refractivity contribution in [3.8, 4) is 17.1 Å². The summed E-state index contributed by atoms with van der Waals surface area (Å²) in [6, 6.07) is 14.9. The number of aryl methyl sites for hydroxylation is 2. The molecule has 1 aliphatic heterocycles. The van der Waals surface area contributed by atoms with E-state index in [2.05, 4.69) is 33.6 Å². The molecular formula is C31H37N5O4S. The van der Waals surface area contributed by atoms with Gasteiger partial charge in [-0.1, -0.05) is 44.2 Å². The van der Waals surface area contributed by atoms with Crippen molar-refractivity contribution in [2.45, 2.75) is 51.5 Å². The van der Waals surface area contributed by atoms with Crippen LogP contribution in [0.25, 0.3) is 11.3 Å². The van der Waals surface area contributed by atoms with Crippen molar-refractivity contribution in [3.63, 3.8) is 0 Å². The van der Waals surface area contributed by atoms with E-state index in [0.717, 1.165) is 34.2 Å². The second-order valence-electron chi connectivity index (χ2n) is 11.1. The van der Waals surface area contributed by atoms with Crippen LogP contribution in [0.15, 0.2) is 65.8 Å². The molecule has 2 aromatic carbocycles. The third-order valence-electron chi connectivity index (χ3n) is 7.42. The minimum atomic E-state index is -3.99. The Morgan fingerprint density at radius 1 is 1.07 bits per heavy atom. The van der Waals surface area contributed by atoms with Crippen LogP contribution in [0.5, 0.6) is 5.88 Å². The SMILES string of the molecule is COCCn1cc(C2c3cccc(c3)S(=O)(=O)Nc3nc(cc(-c4c(C)cccc4C)n3)OC[C@H]2CC(C)C)cn1. The smallest absolute Gasteiger partial charge is 0.264 e. The van der Waals surface area contributed by atoms with Crippen LogP contribution in [-0.2, 0) is 21.3 Å². The van der Waals surface area contributed by atoms with Crippen LogP contribution >= 0.6 is 0 Å². The summed E-state index contributed by atoms with van der Waals surface area (Å²) in [4.78, 5) is 9.25. The van der Waals surface area contributed by atoms with Crippen molar-refractivity contribution in [1.29, 1.82) is 0 Å². The second kappa shape index (κ2) is 12.0. The van der Waals surface area contributed by atoms with Crippen LogP contribution in [0.3, 0.4) is 0 Å². The zero-order valence-electron chi connectivity index (χ0n) is 24.2. The van der Waals surface area contributed by atoms with Crippen molar-refractivity contribution in [2.75, 3.05) is 25.0 Å². The highest BCUT2D eigenvalue weighted by Crippen LogP contribution is 2.38. The van der Waals surface area contributed by atoms with Crippen molar-refractivity contribution in [3.05, 3.63) is 83.2 Å². The Bertz CT molecular complexity index is 1610. The standard InChI is InChI=1S/C31H37N5O4S/c1-20(2)14-24-19-40-28-16-27(29-21(3)8-6-9-22(29)4)33-31(34-28)35-41(37,38)26-11-7-10-23(15-26)30(24)25-17-32-36(18-25)12-13-39-5/h6-11,15-18,20,24,30H,12-14,19H2,1-5H3,(H,33,34,35)/t24-,30?/m1/s1. The van der Waals surface area contributed by atoms with Gasteiger partial charge in [0, 0.05) is 36.8 Å². The zero-order valence-corrected chi connectivity index (χ0v) is 25.0. The molecule has 0 amide bonds. The lowest BCUT2D eigenvalue weighted by atomic mass is 9.78. The lowest BCUT2D eigenvalue weighted by Gasteiger charge is -2.29. The number of nitrogens with one attached hydrogen (secondary N) is 1. The fourth-order valence-corrected chi connectivity index (χ4v) is 6.63. The number of aromatic nitrogens is 4. The molecule has 3 heterocycles. The summed E-state index contributed by atoms with van der Waals surface area (Å²) >= 11 is 0. The van der Waals surface area contributed by atoms with E-state index < -0.39 is 10.0 Å². The van der Waals surface area contributed by atoms with Gasteiger partial charge in [0.15, 0.2) is 0 Å². The Morgan fingerprint density at radius 2 is 1.83 bits per heavy atom. The molecule has 0 aliphatic carbocycles. The van der Waals surface area contributed by atoms with E-state index in [0.29, 0.717) is 37.3 Å². The Morgan fingerprint density at radius 3 is 2.56 bits per heavy atom. The number of fused-ring (bicyclic) bond motifs is 4. The van der Waals surface area contributed by atoms with Crippen LogP contribution in [0.4, 0.5) is 5.95 Å². The molecular weight excluding hydrogens is 538 g/mol. The monoisotopic (exact) mass is 575 g/mol. The van der Waals surface area contributed by atoms with Crippen LogP contribution in [0, 0.1) is 25.7 Å². The van der Waals surface area contributed by atoms with Gasteiger partial charge in [0.2, 0.25) is 11.8 Å². The molecule has 2 atom stereocenters. The number of rotatable bonds is 7. The van der Waals surface area contributed by atoms with Gasteiger partial charge in [0.1, 0.15) is 0 Å². The molecule has 216 valence electrons. The van der Waals surface area contributed by atoms with Gasteiger partial charge < -0.3 is 9.47 Å². The largest absolute Gasteiger partial charge is 0.477 e. The summed E-state index contributed by atoms with van der Waals surface area (Å²) < 4.78 is 43.4. The number of nitrogens with zero attached hydrogens (tertiary/aromatic N) is 4. The van der Waals surface area contributed by atoms with Gasteiger partial charge in [-0.2, -0.15) is 10.1 Å². The third kappa shape index (κ3) is 6.44. The predicted molar refractivity (Wildman–Crippen MR) is 159 cm³/mol. The highest BCUT2D eigenvalue weighted by molar-refractivity contribution is 7.92. The molecule has 0 saturated carbocycles. The van der Waals surface area contributed by atoms with Gasteiger partial charge in [0.25, 0.3) is 10.0 Å². The fraction of sp³-hybridized carbons (Fsp3) is 0.387. The number of anilines is 1. The molecule has 41 heavy (non-hydrogen) atoms. The van der Waals surface area contributed by atoms with Gasteiger partial charge in [-0.05, 0) is 60.6 Å². The van der Waals surface area contributed by atoms with Crippen LogP contribution in [0.1, 0.15) is 48.4 Å². The second-order valence-corrected chi connectivity index (χ2v) is 12.8. The minimum absolute atomic E-state index is 0.0162. The van der Waals surface area contributed by atoms with Gasteiger partial charge in [0.05, 0.1) is 36.5 Å². The first-order valence-electron chi connectivity index (χ1n) is 13.9. The summed E-state index contributed by atoms with van der Waals surface area (Å²) in [7, 11) is -2.32. The van der Waals surface area contributed by atoms with Gasteiger partial charge in [-0.15, -0.1) is 0 Å². The molecule has 9 nitrogen and oxygen atoms in total. The molecule has 1 unspecified atom stereocenters. The molecule has 4 aromatic rings. The van der Waals surface area contributed by atoms with Gasteiger partial charge in [-0.25, -0.2) is 18.1 Å². The lowest BCUT2D eigenvalue weighted by molar-refractivity contribution is 0.183. The van der Waals surface area contributed by atoms with E-state index in [9.17, 15) is 8.42 Å². The van der Waals surface area contributed by atoms with E-state index >= 15 is 0 Å². The fourth-order valence-electron chi connectivity index (χ4n) is 5.63. The van der Waals surface area contributed by atoms with E-state index in [1.165, 1.54) is 0 Å². The van der Waals surface area contributed by atoms with Crippen LogP contribution in [0.2, 0.25) is 0 Å². The summed E-state index contributed by atoms with van der Waals surface area (Å²) in [6.45, 7) is 9.93. The maximum atomic E-state index is 13.6. The first-order valence-corrected chi connectivity index (χ1v) is 15.4. The van der Waals surface area contributed by atoms with Crippen molar-refractivity contribution in [1.82, 2.24) is 19.7 Å². The maximum Gasteiger partial charge on any atom is 0.264 e. The molecule has 5 rings (SSSR count). The highest BCUT2D eigenvalue weighted by Gasteiger charge is 2.30. The highest BCUT2D eigenvalue weighted by atomic mass is 32.2. The number of hydrogen-bond acceptors (Lipinski definition) is 7. The normalized spacial score (nSPS) is 18.2. The molecule has 10 heteroatoms. The summed E-state index contributed by atoms with van der Waals surface area (Å²) in [6.07, 6.45) is 4.73. The van der Waals surface area contributed by atoms with Crippen LogP contribution < -0.4 is 9.46 Å². The molecule has 0 fully saturated rings. The molecule has 0 radical (unpaired) electrons. The van der Waals surface area contributed by atoms with Crippen molar-refractivity contribution < 1.29 is 17.9 Å². The first kappa shape index (κ1) is 28.8. The number of ether oxygens (including phenoxy) is 2. The number of sulfonamides is 1. The van der Waals surface area contributed by atoms with E-state index in [1.807, 2.05) is 55.2 Å². The molecule has 0 saturated heterocycles. The van der Waals surface area contributed by atoms with E-state index in [-0.39, 0.29) is 22.7 Å². The minimum Gasteiger partial charge on any atom is -0.477 e. The average molecular weight is 576 g/mol. The zero-order chi connectivity index (χ0) is 29.1. The Hall–Kier alpha value is -3.76.